The van der Waals surface area contributed by atoms with Gasteiger partial charge in [0.2, 0.25) is 4.80 Å². The third-order valence-electron chi connectivity index (χ3n) is 4.29. The lowest BCUT2D eigenvalue weighted by Crippen LogP contribution is -2.52. The first kappa shape index (κ1) is 14.9. The van der Waals surface area contributed by atoms with Gasteiger partial charge in [-0.15, -0.1) is 5.10 Å². The number of thiazole rings is 1. The maximum atomic E-state index is 13.8. The number of nitrogens with zero attached hydrogens (tertiary/aromatic N) is 4. The molecule has 0 bridgehead atoms. The van der Waals surface area contributed by atoms with Gasteiger partial charge in [0, 0.05) is 19.7 Å². The first-order valence-electron chi connectivity index (χ1n) is 7.29. The van der Waals surface area contributed by atoms with Crippen molar-refractivity contribution in [2.24, 2.45) is 5.10 Å². The van der Waals surface area contributed by atoms with E-state index in [4.69, 9.17) is 0 Å². The highest BCUT2D eigenvalue weighted by atomic mass is 32.1. The zero-order chi connectivity index (χ0) is 17.0. The lowest BCUT2D eigenvalue weighted by molar-refractivity contribution is 0.171. The second kappa shape index (κ2) is 5.17. The summed E-state index contributed by atoms with van der Waals surface area (Å²) in [4.78, 5) is 28.4. The van der Waals surface area contributed by atoms with E-state index in [1.807, 2.05) is 0 Å². The number of urea groups is 1. The molecule has 2 aromatic rings. The average Bonchev–Trinajstić information content (AvgIpc) is 3.00. The molecule has 0 aliphatic carbocycles. The van der Waals surface area contributed by atoms with Gasteiger partial charge in [0.05, 0.1) is 4.53 Å². The van der Waals surface area contributed by atoms with Gasteiger partial charge in [-0.2, -0.15) is 0 Å². The molecule has 0 radical (unpaired) electrons. The second-order valence-corrected chi connectivity index (χ2v) is 6.70. The molecule has 1 aromatic carbocycles. The predicted molar refractivity (Wildman–Crippen MR) is 86.2 cm³/mol. The lowest BCUT2D eigenvalue weighted by atomic mass is 10.2. The van der Waals surface area contributed by atoms with Crippen molar-refractivity contribution in [2.45, 2.75) is 12.3 Å². The number of carbonyl (C=O) groups excluding carboxylic acids is 1. The summed E-state index contributed by atoms with van der Waals surface area (Å²) in [5.74, 6) is -0.394. The number of benzene rings is 1. The molecular formula is C15H14FN5O2S. The van der Waals surface area contributed by atoms with Crippen molar-refractivity contribution in [3.8, 4) is 0 Å². The summed E-state index contributed by atoms with van der Waals surface area (Å²) in [7, 11) is 3.30. The van der Waals surface area contributed by atoms with Crippen molar-refractivity contribution < 1.29 is 9.18 Å². The van der Waals surface area contributed by atoms with E-state index in [1.165, 1.54) is 26.5 Å². The fourth-order valence-corrected chi connectivity index (χ4v) is 3.97. The number of halogens is 1. The summed E-state index contributed by atoms with van der Waals surface area (Å²) < 4.78 is 15.7. The third-order valence-corrected chi connectivity index (χ3v) is 5.27. The lowest BCUT2D eigenvalue weighted by Gasteiger charge is -2.27. The quantitative estimate of drug-likeness (QED) is 0.779. The van der Waals surface area contributed by atoms with Crippen molar-refractivity contribution in [2.75, 3.05) is 14.1 Å². The van der Waals surface area contributed by atoms with E-state index >= 15 is 0 Å². The second-order valence-electron chi connectivity index (χ2n) is 5.69. The first-order valence-corrected chi connectivity index (χ1v) is 8.11. The Hall–Kier alpha value is -2.68. The molecule has 2 aliphatic heterocycles. The Bertz CT molecular complexity index is 1010. The number of hydrogen-bond acceptors (Lipinski definition) is 5. The Morgan fingerprint density at radius 2 is 2.00 bits per heavy atom. The minimum atomic E-state index is -0.485. The van der Waals surface area contributed by atoms with Crippen LogP contribution in [0, 0.1) is 5.82 Å². The molecule has 2 atom stereocenters. The number of nitrogens with one attached hydrogen (secondary N) is 1. The van der Waals surface area contributed by atoms with E-state index in [1.54, 1.807) is 32.3 Å². The monoisotopic (exact) mass is 347 g/mol. The SMILES string of the molecule is CN1C(=O)N(C)C2C1NN=c1s/c(=C\c3ccccc3F)c(=O)n12. The van der Waals surface area contributed by atoms with Gasteiger partial charge in [0.25, 0.3) is 5.56 Å². The van der Waals surface area contributed by atoms with Gasteiger partial charge < -0.3 is 9.80 Å². The molecular weight excluding hydrogens is 333 g/mol. The van der Waals surface area contributed by atoms with E-state index in [9.17, 15) is 14.0 Å². The molecule has 2 aliphatic rings. The third kappa shape index (κ3) is 1.97. The number of rotatable bonds is 1. The van der Waals surface area contributed by atoms with Crippen LogP contribution in [0.3, 0.4) is 0 Å². The molecule has 1 aromatic heterocycles. The molecule has 7 nitrogen and oxygen atoms in total. The number of carbonyl (C=O) groups is 1. The van der Waals surface area contributed by atoms with Crippen molar-refractivity contribution >= 4 is 23.4 Å². The largest absolute Gasteiger partial charge is 0.323 e. The van der Waals surface area contributed by atoms with Crippen molar-refractivity contribution in [1.82, 2.24) is 19.8 Å². The van der Waals surface area contributed by atoms with E-state index < -0.39 is 18.1 Å². The fourth-order valence-electron chi connectivity index (χ4n) is 3.01. The number of fused-ring (bicyclic) bond motifs is 3. The average molecular weight is 347 g/mol. The van der Waals surface area contributed by atoms with Crippen LogP contribution in [0.15, 0.2) is 34.2 Å². The molecule has 4 rings (SSSR count). The Morgan fingerprint density at radius 3 is 2.75 bits per heavy atom. The van der Waals surface area contributed by atoms with E-state index in [0.29, 0.717) is 14.9 Å². The molecule has 0 saturated carbocycles. The maximum absolute atomic E-state index is 13.8. The van der Waals surface area contributed by atoms with Crippen LogP contribution in [0.4, 0.5) is 9.18 Å². The summed E-state index contributed by atoms with van der Waals surface area (Å²) >= 11 is 1.16. The van der Waals surface area contributed by atoms with Gasteiger partial charge in [-0.05, 0) is 12.1 Å². The van der Waals surface area contributed by atoms with Gasteiger partial charge in [-0.3, -0.25) is 14.8 Å². The molecule has 1 N–H and O–H groups in total. The molecule has 1 saturated heterocycles. The molecule has 3 heterocycles. The Balaban J connectivity index is 1.91. The standard InChI is InChI=1S/C15H14FN5O2S/c1-19-11-12(20(2)15(19)23)21-13(22)10(24-14(21)18-17-11)7-8-5-3-4-6-9(8)16/h3-7,11-12,17H,1-2H3/b10-7-. The summed E-state index contributed by atoms with van der Waals surface area (Å²) in [6.45, 7) is 0. The van der Waals surface area contributed by atoms with Crippen LogP contribution in [0.1, 0.15) is 11.7 Å². The van der Waals surface area contributed by atoms with Crippen molar-refractivity contribution in [3.05, 3.63) is 55.3 Å². The van der Waals surface area contributed by atoms with E-state index in [2.05, 4.69) is 10.5 Å². The van der Waals surface area contributed by atoms with Crippen molar-refractivity contribution in [1.29, 1.82) is 0 Å². The molecule has 124 valence electrons. The molecule has 24 heavy (non-hydrogen) atoms. The minimum absolute atomic E-state index is 0.196. The molecule has 2 unspecified atom stereocenters. The van der Waals surface area contributed by atoms with Gasteiger partial charge in [0.1, 0.15) is 5.82 Å². The van der Waals surface area contributed by atoms with E-state index in [0.717, 1.165) is 11.3 Å². The number of aromatic nitrogens is 1. The van der Waals surface area contributed by atoms with Crippen LogP contribution in [-0.2, 0) is 0 Å². The van der Waals surface area contributed by atoms with Crippen LogP contribution < -0.4 is 20.3 Å². The van der Waals surface area contributed by atoms with Crippen LogP contribution in [0.2, 0.25) is 0 Å². The smallest absolute Gasteiger partial charge is 0.303 e. The Morgan fingerprint density at radius 1 is 1.25 bits per heavy atom. The van der Waals surface area contributed by atoms with Gasteiger partial charge in [0.15, 0.2) is 12.3 Å². The first-order chi connectivity index (χ1) is 11.5. The van der Waals surface area contributed by atoms with Gasteiger partial charge in [-0.25, -0.2) is 9.18 Å². The molecule has 0 spiro atoms. The summed E-state index contributed by atoms with van der Waals surface area (Å²) in [6.07, 6.45) is 0.615. The fraction of sp³-hybridized carbons (Fsp3) is 0.267. The normalized spacial score (nSPS) is 23.0. The predicted octanol–water partition coefficient (Wildman–Crippen LogP) is -0.163. The minimum Gasteiger partial charge on any atom is -0.303 e. The molecule has 9 heteroatoms. The Kier molecular flexibility index (Phi) is 3.20. The number of likely N-dealkylation sites (N-methyl/N-ethyl adjacent to an activating group) is 2. The van der Waals surface area contributed by atoms with E-state index in [-0.39, 0.29) is 11.6 Å². The van der Waals surface area contributed by atoms with Crippen LogP contribution in [0.25, 0.3) is 6.08 Å². The van der Waals surface area contributed by atoms with Gasteiger partial charge >= 0.3 is 6.03 Å². The summed E-state index contributed by atoms with van der Waals surface area (Å²) in [6, 6.07) is 6.06. The topological polar surface area (TPSA) is 69.9 Å². The highest BCUT2D eigenvalue weighted by Gasteiger charge is 2.46. The number of amides is 2. The van der Waals surface area contributed by atoms with Crippen LogP contribution >= 0.6 is 11.3 Å². The van der Waals surface area contributed by atoms with Crippen LogP contribution in [0.5, 0.6) is 0 Å². The highest BCUT2D eigenvalue weighted by molar-refractivity contribution is 7.07. The molecule has 2 amide bonds. The zero-order valence-electron chi connectivity index (χ0n) is 12.9. The maximum Gasteiger partial charge on any atom is 0.323 e. The highest BCUT2D eigenvalue weighted by Crippen LogP contribution is 2.26. The number of hydrogen-bond donors (Lipinski definition) is 1. The van der Waals surface area contributed by atoms with Crippen molar-refractivity contribution in [3.63, 3.8) is 0 Å². The molecule has 1 fully saturated rings. The summed E-state index contributed by atoms with van der Waals surface area (Å²) in [5, 5.41) is 4.20. The zero-order valence-corrected chi connectivity index (χ0v) is 13.7. The van der Waals surface area contributed by atoms with Gasteiger partial charge in [-0.1, -0.05) is 29.5 Å². The Labute approximate surface area is 139 Å². The summed E-state index contributed by atoms with van der Waals surface area (Å²) in [5.41, 5.74) is 2.97. The van der Waals surface area contributed by atoms with Crippen LogP contribution in [-0.4, -0.2) is 40.7 Å².